The fraction of sp³-hybridized carbons (Fsp3) is 0.150. The molecule has 8 heteroatoms. The summed E-state index contributed by atoms with van der Waals surface area (Å²) in [6, 6.07) is 13.4. The number of nitrogens with one attached hydrogen (secondary N) is 2. The number of nitrogens with zero attached hydrogens (tertiary/aromatic N) is 2. The van der Waals surface area contributed by atoms with Crippen molar-refractivity contribution >= 4 is 40.7 Å². The number of amides is 2. The van der Waals surface area contributed by atoms with Crippen molar-refractivity contribution in [2.75, 3.05) is 5.32 Å². The largest absolute Gasteiger partial charge is 0.350 e. The molecule has 0 aliphatic rings. The van der Waals surface area contributed by atoms with Crippen molar-refractivity contribution in [3.63, 3.8) is 0 Å². The van der Waals surface area contributed by atoms with Gasteiger partial charge in [-0.25, -0.2) is 4.68 Å². The van der Waals surface area contributed by atoms with E-state index in [1.807, 2.05) is 13.8 Å². The molecule has 144 valence electrons. The maximum absolute atomic E-state index is 12.9. The molecule has 0 fully saturated rings. The molecule has 1 aromatic heterocycles. The molecule has 0 unspecified atom stereocenters. The summed E-state index contributed by atoms with van der Waals surface area (Å²) in [6.07, 6.45) is 1.50. The Morgan fingerprint density at radius 3 is 2.39 bits per heavy atom. The zero-order valence-electron chi connectivity index (χ0n) is 15.2. The van der Waals surface area contributed by atoms with E-state index in [1.165, 1.54) is 10.9 Å². The molecule has 2 aromatic carbocycles. The molecule has 0 saturated carbocycles. The molecule has 0 spiro atoms. The first-order chi connectivity index (χ1) is 13.4. The summed E-state index contributed by atoms with van der Waals surface area (Å²) in [6.45, 7) is 3.70. The van der Waals surface area contributed by atoms with Crippen LogP contribution in [0.15, 0.2) is 54.7 Å². The third kappa shape index (κ3) is 4.18. The zero-order chi connectivity index (χ0) is 20.3. The van der Waals surface area contributed by atoms with Crippen molar-refractivity contribution in [3.05, 3.63) is 76.0 Å². The van der Waals surface area contributed by atoms with Gasteiger partial charge in [-0.15, -0.1) is 0 Å². The summed E-state index contributed by atoms with van der Waals surface area (Å²) in [5.74, 6) is -0.795. The molecular weight excluding hydrogens is 399 g/mol. The van der Waals surface area contributed by atoms with Crippen LogP contribution in [0, 0.1) is 0 Å². The Labute approximate surface area is 172 Å². The van der Waals surface area contributed by atoms with E-state index in [4.69, 9.17) is 23.2 Å². The van der Waals surface area contributed by atoms with E-state index in [1.54, 1.807) is 48.5 Å². The summed E-state index contributed by atoms with van der Waals surface area (Å²) in [7, 11) is 0. The average molecular weight is 417 g/mol. The minimum Gasteiger partial charge on any atom is -0.350 e. The lowest BCUT2D eigenvalue weighted by Crippen LogP contribution is -2.31. The number of hydrogen-bond donors (Lipinski definition) is 2. The molecule has 0 saturated heterocycles. The van der Waals surface area contributed by atoms with Gasteiger partial charge in [-0.3, -0.25) is 9.59 Å². The Kier molecular flexibility index (Phi) is 6.02. The number of anilines is 1. The van der Waals surface area contributed by atoms with Gasteiger partial charge in [0.15, 0.2) is 0 Å². The van der Waals surface area contributed by atoms with Crippen LogP contribution in [-0.4, -0.2) is 27.6 Å². The van der Waals surface area contributed by atoms with Gasteiger partial charge in [-0.2, -0.15) is 5.10 Å². The second-order valence-corrected chi connectivity index (χ2v) is 7.14. The molecule has 0 aliphatic heterocycles. The van der Waals surface area contributed by atoms with E-state index in [9.17, 15) is 9.59 Å². The van der Waals surface area contributed by atoms with Gasteiger partial charge in [-0.05, 0) is 44.2 Å². The molecule has 0 radical (unpaired) electrons. The number of benzene rings is 2. The molecule has 0 atom stereocenters. The Morgan fingerprint density at radius 2 is 1.68 bits per heavy atom. The molecule has 0 bridgehead atoms. The minimum atomic E-state index is -0.468. The monoisotopic (exact) mass is 416 g/mol. The first-order valence-electron chi connectivity index (χ1n) is 8.58. The summed E-state index contributed by atoms with van der Waals surface area (Å²) < 4.78 is 1.43. The van der Waals surface area contributed by atoms with Crippen molar-refractivity contribution in [2.24, 2.45) is 0 Å². The molecule has 28 heavy (non-hydrogen) atoms. The third-order valence-electron chi connectivity index (χ3n) is 3.87. The van der Waals surface area contributed by atoms with Gasteiger partial charge in [0.1, 0.15) is 5.69 Å². The van der Waals surface area contributed by atoms with Crippen LogP contribution in [0.3, 0.4) is 0 Å². The molecule has 2 N–H and O–H groups in total. The predicted octanol–water partition coefficient (Wildman–Crippen LogP) is 4.57. The van der Waals surface area contributed by atoms with Crippen LogP contribution >= 0.6 is 23.2 Å². The standard InChI is InChI=1S/C20H18Cl2N4O2/c1-12(2)24-19(27)13-6-5-8-15(22)18(13)25-20(28)17-10-11-23-26(17)16-9-4-3-7-14(16)21/h3-12H,1-2H3,(H,24,27)(H,25,28). The highest BCUT2D eigenvalue weighted by Gasteiger charge is 2.20. The van der Waals surface area contributed by atoms with E-state index in [2.05, 4.69) is 15.7 Å². The maximum Gasteiger partial charge on any atom is 0.274 e. The third-order valence-corrected chi connectivity index (χ3v) is 4.51. The zero-order valence-corrected chi connectivity index (χ0v) is 16.8. The number of carbonyl (C=O) groups is 2. The van der Waals surface area contributed by atoms with E-state index in [0.29, 0.717) is 10.7 Å². The Morgan fingerprint density at radius 1 is 0.964 bits per heavy atom. The smallest absolute Gasteiger partial charge is 0.274 e. The normalized spacial score (nSPS) is 10.8. The topological polar surface area (TPSA) is 76.0 Å². The Balaban J connectivity index is 1.95. The lowest BCUT2D eigenvalue weighted by molar-refractivity contribution is 0.0944. The number of carbonyl (C=O) groups excluding carboxylic acids is 2. The van der Waals surface area contributed by atoms with Gasteiger partial charge in [0.05, 0.1) is 33.2 Å². The lowest BCUT2D eigenvalue weighted by atomic mass is 10.1. The molecule has 2 amide bonds. The SMILES string of the molecule is CC(C)NC(=O)c1cccc(Cl)c1NC(=O)c1ccnn1-c1ccccc1Cl. The van der Waals surface area contributed by atoms with Crippen molar-refractivity contribution in [1.29, 1.82) is 0 Å². The van der Waals surface area contributed by atoms with Gasteiger partial charge in [0.2, 0.25) is 0 Å². The van der Waals surface area contributed by atoms with Crippen LogP contribution in [-0.2, 0) is 0 Å². The van der Waals surface area contributed by atoms with Crippen LogP contribution < -0.4 is 10.6 Å². The number of para-hydroxylation sites is 2. The van der Waals surface area contributed by atoms with Crippen LogP contribution in [0.25, 0.3) is 5.69 Å². The molecule has 3 aromatic rings. The van der Waals surface area contributed by atoms with E-state index >= 15 is 0 Å². The lowest BCUT2D eigenvalue weighted by Gasteiger charge is -2.15. The summed E-state index contributed by atoms with van der Waals surface area (Å²) in [5.41, 5.74) is 1.33. The second-order valence-electron chi connectivity index (χ2n) is 6.32. The Hall–Kier alpha value is -2.83. The second kappa shape index (κ2) is 8.46. The first-order valence-corrected chi connectivity index (χ1v) is 9.33. The molecule has 0 aliphatic carbocycles. The van der Waals surface area contributed by atoms with Gasteiger partial charge >= 0.3 is 0 Å². The maximum atomic E-state index is 12.9. The molecule has 1 heterocycles. The number of aromatic nitrogens is 2. The van der Waals surface area contributed by atoms with Crippen LogP contribution in [0.4, 0.5) is 5.69 Å². The average Bonchev–Trinajstić information content (AvgIpc) is 3.12. The van der Waals surface area contributed by atoms with Gasteiger partial charge in [0, 0.05) is 6.04 Å². The van der Waals surface area contributed by atoms with E-state index < -0.39 is 5.91 Å². The van der Waals surface area contributed by atoms with Gasteiger partial charge in [-0.1, -0.05) is 41.4 Å². The van der Waals surface area contributed by atoms with Crippen molar-refractivity contribution in [1.82, 2.24) is 15.1 Å². The highest BCUT2D eigenvalue weighted by Crippen LogP contribution is 2.27. The quantitative estimate of drug-likeness (QED) is 0.639. The number of halogens is 2. The van der Waals surface area contributed by atoms with Crippen LogP contribution in [0.5, 0.6) is 0 Å². The summed E-state index contributed by atoms with van der Waals surface area (Å²) >= 11 is 12.5. The molecular formula is C20H18Cl2N4O2. The highest BCUT2D eigenvalue weighted by atomic mass is 35.5. The van der Waals surface area contributed by atoms with E-state index in [-0.39, 0.29) is 33.9 Å². The Bertz CT molecular complexity index is 1030. The summed E-state index contributed by atoms with van der Waals surface area (Å²) in [5, 5.41) is 10.4. The number of rotatable bonds is 5. The van der Waals surface area contributed by atoms with Crippen LogP contribution in [0.2, 0.25) is 10.0 Å². The van der Waals surface area contributed by atoms with Crippen molar-refractivity contribution < 1.29 is 9.59 Å². The first kappa shape index (κ1) is 19.9. The fourth-order valence-electron chi connectivity index (χ4n) is 2.65. The molecule has 6 nitrogen and oxygen atoms in total. The van der Waals surface area contributed by atoms with Crippen molar-refractivity contribution in [2.45, 2.75) is 19.9 Å². The minimum absolute atomic E-state index is 0.0586. The van der Waals surface area contributed by atoms with Crippen LogP contribution in [0.1, 0.15) is 34.7 Å². The number of hydrogen-bond acceptors (Lipinski definition) is 3. The predicted molar refractivity (Wildman–Crippen MR) is 111 cm³/mol. The van der Waals surface area contributed by atoms with Gasteiger partial charge in [0.25, 0.3) is 11.8 Å². The fourth-order valence-corrected chi connectivity index (χ4v) is 3.09. The summed E-state index contributed by atoms with van der Waals surface area (Å²) in [4.78, 5) is 25.4. The van der Waals surface area contributed by atoms with Crippen molar-refractivity contribution in [3.8, 4) is 5.69 Å². The van der Waals surface area contributed by atoms with E-state index in [0.717, 1.165) is 0 Å². The molecule has 3 rings (SSSR count). The van der Waals surface area contributed by atoms with Gasteiger partial charge < -0.3 is 10.6 Å². The highest BCUT2D eigenvalue weighted by molar-refractivity contribution is 6.35.